The Balaban J connectivity index is 3.13. The number of hydrogen-bond donors (Lipinski definition) is 1. The molecule has 0 saturated heterocycles. The molecule has 12 heavy (non-hydrogen) atoms. The first-order valence-electron chi connectivity index (χ1n) is 3.15. The van der Waals surface area contributed by atoms with Crippen LogP contribution < -0.4 is 0 Å². The summed E-state index contributed by atoms with van der Waals surface area (Å²) in [5.41, 5.74) is 0.258. The molecule has 0 bridgehead atoms. The van der Waals surface area contributed by atoms with E-state index in [1.807, 2.05) is 0 Å². The fourth-order valence-corrected chi connectivity index (χ4v) is 0.835. The SMILES string of the molecule is COC(=O)c1ccc(=S)n(O)c1. The van der Waals surface area contributed by atoms with Gasteiger partial charge in [0.1, 0.15) is 4.64 Å². The molecule has 0 atom stereocenters. The molecule has 0 aromatic carbocycles. The summed E-state index contributed by atoms with van der Waals surface area (Å²) in [6.45, 7) is 0. The van der Waals surface area contributed by atoms with Gasteiger partial charge in [-0.25, -0.2) is 4.79 Å². The number of carbonyl (C=O) groups excluding carboxylic acids is 1. The van der Waals surface area contributed by atoms with Gasteiger partial charge in [0.25, 0.3) is 0 Å². The van der Waals surface area contributed by atoms with Crippen molar-refractivity contribution in [3.8, 4) is 0 Å². The number of hydrogen-bond acceptors (Lipinski definition) is 4. The van der Waals surface area contributed by atoms with Gasteiger partial charge in [-0.1, -0.05) is 12.2 Å². The van der Waals surface area contributed by atoms with Gasteiger partial charge in [0.2, 0.25) is 0 Å². The van der Waals surface area contributed by atoms with Crippen LogP contribution >= 0.6 is 12.2 Å². The number of aromatic nitrogens is 1. The van der Waals surface area contributed by atoms with Gasteiger partial charge in [-0.2, -0.15) is 4.73 Å². The summed E-state index contributed by atoms with van der Waals surface area (Å²) >= 11 is 4.70. The van der Waals surface area contributed by atoms with Crippen LogP contribution in [0.4, 0.5) is 0 Å². The van der Waals surface area contributed by atoms with Crippen LogP contribution in [0.5, 0.6) is 0 Å². The highest BCUT2D eigenvalue weighted by Gasteiger charge is 2.04. The van der Waals surface area contributed by atoms with Crippen LogP contribution in [0.3, 0.4) is 0 Å². The Labute approximate surface area is 74.0 Å². The molecule has 0 spiro atoms. The van der Waals surface area contributed by atoms with Crippen LogP contribution in [0, 0.1) is 4.64 Å². The van der Waals surface area contributed by atoms with E-state index in [-0.39, 0.29) is 10.2 Å². The second kappa shape index (κ2) is 3.36. The highest BCUT2D eigenvalue weighted by Crippen LogP contribution is 2.00. The van der Waals surface area contributed by atoms with Crippen molar-refractivity contribution in [3.63, 3.8) is 0 Å². The molecular weight excluding hydrogens is 178 g/mol. The lowest BCUT2D eigenvalue weighted by molar-refractivity contribution is 0.0595. The van der Waals surface area contributed by atoms with E-state index in [0.717, 1.165) is 0 Å². The fourth-order valence-electron chi connectivity index (χ4n) is 0.714. The predicted octanol–water partition coefficient (Wildman–Crippen LogP) is 1.24. The third-order valence-electron chi connectivity index (χ3n) is 1.31. The second-order valence-electron chi connectivity index (χ2n) is 2.09. The smallest absolute Gasteiger partial charge is 0.339 e. The number of esters is 1. The van der Waals surface area contributed by atoms with Crippen molar-refractivity contribution in [1.82, 2.24) is 4.73 Å². The van der Waals surface area contributed by atoms with Gasteiger partial charge in [-0.3, -0.25) is 0 Å². The average Bonchev–Trinajstić information content (AvgIpc) is 2.08. The van der Waals surface area contributed by atoms with E-state index < -0.39 is 5.97 Å². The summed E-state index contributed by atoms with van der Waals surface area (Å²) < 4.78 is 5.37. The van der Waals surface area contributed by atoms with E-state index in [4.69, 9.17) is 17.4 Å². The van der Waals surface area contributed by atoms with Gasteiger partial charge in [0.05, 0.1) is 18.9 Å². The van der Waals surface area contributed by atoms with Crippen LogP contribution in [0.2, 0.25) is 0 Å². The Morgan fingerprint density at radius 1 is 1.67 bits per heavy atom. The fraction of sp³-hybridized carbons (Fsp3) is 0.143. The molecule has 0 fully saturated rings. The lowest BCUT2D eigenvalue weighted by Gasteiger charge is -2.00. The van der Waals surface area contributed by atoms with E-state index in [9.17, 15) is 4.79 Å². The van der Waals surface area contributed by atoms with E-state index in [1.54, 1.807) is 0 Å². The molecule has 0 saturated carbocycles. The largest absolute Gasteiger partial charge is 0.465 e. The Hall–Kier alpha value is -1.36. The third-order valence-corrected chi connectivity index (χ3v) is 1.64. The van der Waals surface area contributed by atoms with E-state index in [0.29, 0.717) is 4.73 Å². The van der Waals surface area contributed by atoms with Crippen LogP contribution in [0.15, 0.2) is 18.3 Å². The van der Waals surface area contributed by atoms with Crippen LogP contribution in [0.25, 0.3) is 0 Å². The summed E-state index contributed by atoms with van der Waals surface area (Å²) in [7, 11) is 1.27. The van der Waals surface area contributed by atoms with E-state index in [2.05, 4.69) is 4.74 Å². The van der Waals surface area contributed by atoms with Crippen LogP contribution in [-0.2, 0) is 4.74 Å². The molecule has 1 aromatic rings. The number of nitrogens with zero attached hydrogens (tertiary/aromatic N) is 1. The zero-order valence-electron chi connectivity index (χ0n) is 6.35. The monoisotopic (exact) mass is 185 g/mol. The van der Waals surface area contributed by atoms with Gasteiger partial charge in [-0.15, -0.1) is 0 Å². The lowest BCUT2D eigenvalue weighted by Crippen LogP contribution is -2.04. The van der Waals surface area contributed by atoms with Crippen molar-refractivity contribution >= 4 is 18.2 Å². The molecule has 0 aliphatic heterocycles. The summed E-state index contributed by atoms with van der Waals surface area (Å²) in [5.74, 6) is -0.507. The van der Waals surface area contributed by atoms with E-state index in [1.165, 1.54) is 25.4 Å². The molecular formula is C7H7NO3S. The molecule has 4 nitrogen and oxygen atoms in total. The van der Waals surface area contributed by atoms with Crippen molar-refractivity contribution in [1.29, 1.82) is 0 Å². The molecule has 5 heteroatoms. The molecule has 0 unspecified atom stereocenters. The van der Waals surface area contributed by atoms with E-state index >= 15 is 0 Å². The maximum absolute atomic E-state index is 10.9. The molecule has 0 aliphatic carbocycles. The summed E-state index contributed by atoms with van der Waals surface area (Å²) in [4.78, 5) is 10.9. The van der Waals surface area contributed by atoms with Gasteiger partial charge in [-0.05, 0) is 12.1 Å². The highest BCUT2D eigenvalue weighted by molar-refractivity contribution is 7.71. The third kappa shape index (κ3) is 1.62. The number of ether oxygens (including phenoxy) is 1. The van der Waals surface area contributed by atoms with Gasteiger partial charge < -0.3 is 9.94 Å². The lowest BCUT2D eigenvalue weighted by atomic mass is 10.3. The maximum Gasteiger partial charge on any atom is 0.339 e. The molecule has 1 aromatic heterocycles. The zero-order valence-corrected chi connectivity index (χ0v) is 7.17. The predicted molar refractivity (Wildman–Crippen MR) is 43.8 cm³/mol. The second-order valence-corrected chi connectivity index (χ2v) is 2.51. The van der Waals surface area contributed by atoms with Crippen molar-refractivity contribution < 1.29 is 14.7 Å². The Morgan fingerprint density at radius 2 is 2.33 bits per heavy atom. The highest BCUT2D eigenvalue weighted by atomic mass is 32.1. The maximum atomic E-state index is 10.9. The van der Waals surface area contributed by atoms with Crippen LogP contribution in [0.1, 0.15) is 10.4 Å². The normalized spacial score (nSPS) is 9.42. The number of carbonyl (C=O) groups is 1. The van der Waals surface area contributed by atoms with Gasteiger partial charge in [0, 0.05) is 0 Å². The van der Waals surface area contributed by atoms with Gasteiger partial charge >= 0.3 is 5.97 Å². The van der Waals surface area contributed by atoms with Crippen molar-refractivity contribution in [3.05, 3.63) is 28.5 Å². The van der Waals surface area contributed by atoms with Crippen molar-refractivity contribution in [2.45, 2.75) is 0 Å². The summed E-state index contributed by atoms with van der Waals surface area (Å²) in [5, 5.41) is 9.05. The number of pyridine rings is 1. The molecule has 0 amide bonds. The summed E-state index contributed by atoms with van der Waals surface area (Å²) in [6, 6.07) is 2.93. The van der Waals surface area contributed by atoms with Crippen molar-refractivity contribution in [2.24, 2.45) is 0 Å². The first-order valence-corrected chi connectivity index (χ1v) is 3.56. The first-order chi connectivity index (χ1) is 5.65. The minimum atomic E-state index is -0.507. The Bertz CT molecular complexity index is 358. The Kier molecular flexibility index (Phi) is 2.44. The van der Waals surface area contributed by atoms with Crippen LogP contribution in [-0.4, -0.2) is 23.0 Å². The first kappa shape index (κ1) is 8.73. The molecule has 1 heterocycles. The molecule has 0 aliphatic rings. The summed E-state index contributed by atoms with van der Waals surface area (Å²) in [6.07, 6.45) is 1.20. The molecule has 1 N–H and O–H groups in total. The molecule has 0 radical (unpaired) electrons. The minimum absolute atomic E-state index is 0.239. The average molecular weight is 185 g/mol. The molecule has 64 valence electrons. The standard InChI is InChI=1S/C7H7NO3S/c1-11-7(9)5-2-3-6(12)8(10)4-5/h2-4,10H,1H3. The zero-order chi connectivity index (χ0) is 9.14. The minimum Gasteiger partial charge on any atom is -0.465 e. The molecule has 1 rings (SSSR count). The quantitative estimate of drug-likeness (QED) is 0.406. The number of methoxy groups -OCH3 is 1. The number of rotatable bonds is 1. The Morgan fingerprint density at radius 3 is 2.83 bits per heavy atom. The topological polar surface area (TPSA) is 51.5 Å². The van der Waals surface area contributed by atoms with Gasteiger partial charge in [0.15, 0.2) is 0 Å². The van der Waals surface area contributed by atoms with Crippen molar-refractivity contribution in [2.75, 3.05) is 7.11 Å².